The molecular weight excluding hydrogens is 403 g/mol. The highest BCUT2D eigenvalue weighted by Crippen LogP contribution is 2.39. The fraction of sp³-hybridized carbons (Fsp3) is 0.333. The number of fused-ring (bicyclic) bond motifs is 1. The van der Waals surface area contributed by atoms with Crippen molar-refractivity contribution in [2.45, 2.75) is 44.9 Å². The number of hydrogen-bond donors (Lipinski definition) is 2. The maximum atomic E-state index is 12.8. The molecule has 1 amide bonds. The second-order valence-electron chi connectivity index (χ2n) is 7.53. The van der Waals surface area contributed by atoms with Crippen LogP contribution in [0.25, 0.3) is 0 Å². The second-order valence-corrected chi connectivity index (χ2v) is 7.53. The Morgan fingerprint density at radius 2 is 1.83 bits per heavy atom. The van der Waals surface area contributed by atoms with Crippen LogP contribution in [0.15, 0.2) is 42.5 Å². The molecule has 2 N–H and O–H groups in total. The minimum atomic E-state index is -4.98. The van der Waals surface area contributed by atoms with Crippen molar-refractivity contribution < 1.29 is 37.3 Å². The van der Waals surface area contributed by atoms with Crippen molar-refractivity contribution in [3.63, 3.8) is 0 Å². The first kappa shape index (κ1) is 21.6. The van der Waals surface area contributed by atoms with Gasteiger partial charge in [-0.1, -0.05) is 12.1 Å². The summed E-state index contributed by atoms with van der Waals surface area (Å²) in [5.74, 6) is -1.42. The van der Waals surface area contributed by atoms with E-state index in [1.807, 2.05) is 0 Å². The van der Waals surface area contributed by atoms with Crippen molar-refractivity contribution in [2.24, 2.45) is 0 Å². The minimum Gasteiger partial charge on any atom is -0.483 e. The number of carbonyl (C=O) groups excluding carboxylic acids is 2. The van der Waals surface area contributed by atoms with Gasteiger partial charge < -0.3 is 19.9 Å². The van der Waals surface area contributed by atoms with Crippen LogP contribution in [0.2, 0.25) is 0 Å². The van der Waals surface area contributed by atoms with Gasteiger partial charge in [0, 0.05) is 12.0 Å². The number of carbonyl (C=O) groups is 2. The summed E-state index contributed by atoms with van der Waals surface area (Å²) < 4.78 is 47.7. The number of alkyl halides is 3. The molecule has 1 unspecified atom stereocenters. The molecule has 6 nitrogen and oxygen atoms in total. The predicted octanol–water partition coefficient (Wildman–Crippen LogP) is 3.62. The third-order valence-corrected chi connectivity index (χ3v) is 4.95. The van der Waals surface area contributed by atoms with Gasteiger partial charge in [-0.3, -0.25) is 9.59 Å². The van der Waals surface area contributed by atoms with Crippen LogP contribution in [0, 0.1) is 0 Å². The average molecular weight is 423 g/mol. The van der Waals surface area contributed by atoms with Crippen LogP contribution in [-0.4, -0.2) is 34.5 Å². The van der Waals surface area contributed by atoms with E-state index in [1.54, 1.807) is 18.2 Å². The number of hydrogen-bond acceptors (Lipinski definition) is 5. The fourth-order valence-corrected chi connectivity index (χ4v) is 3.20. The Hall–Kier alpha value is -3.07. The molecule has 1 aliphatic heterocycles. The van der Waals surface area contributed by atoms with E-state index in [1.165, 1.54) is 32.9 Å². The van der Waals surface area contributed by atoms with Crippen LogP contribution in [-0.2, 0) is 6.42 Å². The molecule has 30 heavy (non-hydrogen) atoms. The van der Waals surface area contributed by atoms with Crippen molar-refractivity contribution in [2.75, 3.05) is 0 Å². The summed E-state index contributed by atoms with van der Waals surface area (Å²) >= 11 is 0. The topological polar surface area (TPSA) is 84.9 Å². The zero-order valence-corrected chi connectivity index (χ0v) is 16.5. The second kappa shape index (κ2) is 7.32. The smallest absolute Gasteiger partial charge is 0.483 e. The van der Waals surface area contributed by atoms with Gasteiger partial charge >= 0.3 is 6.36 Å². The van der Waals surface area contributed by atoms with Crippen LogP contribution < -0.4 is 14.8 Å². The molecule has 3 rings (SSSR count). The number of halogens is 3. The summed E-state index contributed by atoms with van der Waals surface area (Å²) in [6, 6.07) is 9.55. The molecule has 0 fully saturated rings. The van der Waals surface area contributed by atoms with E-state index in [2.05, 4.69) is 10.1 Å². The van der Waals surface area contributed by atoms with Crippen LogP contribution >= 0.6 is 0 Å². The Bertz CT molecular complexity index is 1000. The lowest BCUT2D eigenvalue weighted by atomic mass is 9.83. The van der Waals surface area contributed by atoms with E-state index in [9.17, 15) is 27.9 Å². The monoisotopic (exact) mass is 423 g/mol. The summed E-state index contributed by atoms with van der Waals surface area (Å²) in [5.41, 5.74) is -2.83. The van der Waals surface area contributed by atoms with Gasteiger partial charge in [-0.25, -0.2) is 0 Å². The molecule has 2 aromatic rings. The molecule has 0 bridgehead atoms. The summed E-state index contributed by atoms with van der Waals surface area (Å²) in [6.07, 6.45) is -5.10. The van der Waals surface area contributed by atoms with Gasteiger partial charge in [-0.05, 0) is 56.7 Å². The molecular formula is C21H20F3NO5. The highest BCUT2D eigenvalue weighted by atomic mass is 19.4. The first-order valence-electron chi connectivity index (χ1n) is 9.04. The summed E-state index contributed by atoms with van der Waals surface area (Å²) in [7, 11) is 0. The lowest BCUT2D eigenvalue weighted by Gasteiger charge is -2.46. The highest BCUT2D eigenvalue weighted by Gasteiger charge is 2.51. The molecule has 0 radical (unpaired) electrons. The Labute approximate surface area is 170 Å². The lowest BCUT2D eigenvalue weighted by Crippen LogP contribution is -2.67. The normalized spacial score (nSPS) is 20.0. The molecule has 1 heterocycles. The van der Waals surface area contributed by atoms with E-state index < -0.39 is 34.9 Å². The van der Waals surface area contributed by atoms with Gasteiger partial charge in [0.05, 0.1) is 5.56 Å². The van der Waals surface area contributed by atoms with Crippen molar-refractivity contribution in [1.82, 2.24) is 5.32 Å². The van der Waals surface area contributed by atoms with Crippen LogP contribution in [0.4, 0.5) is 13.2 Å². The van der Waals surface area contributed by atoms with Gasteiger partial charge in [0.15, 0.2) is 17.1 Å². The van der Waals surface area contributed by atoms with Gasteiger partial charge in [0.2, 0.25) is 0 Å². The third-order valence-electron chi connectivity index (χ3n) is 4.95. The number of aliphatic hydroxyl groups is 1. The van der Waals surface area contributed by atoms with Gasteiger partial charge in [-0.2, -0.15) is 0 Å². The van der Waals surface area contributed by atoms with E-state index >= 15 is 0 Å². The highest BCUT2D eigenvalue weighted by molar-refractivity contribution is 5.97. The molecule has 0 spiro atoms. The maximum absolute atomic E-state index is 12.8. The fourth-order valence-electron chi connectivity index (χ4n) is 3.20. The molecule has 9 heteroatoms. The standard InChI is InChI=1S/C21H20F3NO5/c1-12(26)13-8-9-16-14(10-13)11-20(28,19(2,3)29-16)25-18(27)15-6-4-5-7-17(15)30-21(22,23)24/h4-10,28H,11H2,1-3H3,(H,25,27). The number of benzene rings is 2. The first-order chi connectivity index (χ1) is 13.8. The molecule has 0 saturated heterocycles. The molecule has 1 aliphatic rings. The Kier molecular flexibility index (Phi) is 5.28. The van der Waals surface area contributed by atoms with E-state index in [-0.39, 0.29) is 12.2 Å². The van der Waals surface area contributed by atoms with Crippen molar-refractivity contribution in [3.05, 3.63) is 59.2 Å². The summed E-state index contributed by atoms with van der Waals surface area (Å²) in [5, 5.41) is 13.6. The van der Waals surface area contributed by atoms with Gasteiger partial charge in [-0.15, -0.1) is 13.2 Å². The Morgan fingerprint density at radius 1 is 1.17 bits per heavy atom. The number of rotatable bonds is 4. The van der Waals surface area contributed by atoms with E-state index in [4.69, 9.17) is 4.74 Å². The van der Waals surface area contributed by atoms with Crippen molar-refractivity contribution in [1.29, 1.82) is 0 Å². The number of ether oxygens (including phenoxy) is 2. The summed E-state index contributed by atoms with van der Waals surface area (Å²) in [6.45, 7) is 4.46. The Morgan fingerprint density at radius 3 is 2.47 bits per heavy atom. The summed E-state index contributed by atoms with van der Waals surface area (Å²) in [4.78, 5) is 24.4. The minimum absolute atomic E-state index is 0.121. The number of para-hydroxylation sites is 1. The van der Waals surface area contributed by atoms with Crippen molar-refractivity contribution >= 4 is 11.7 Å². The third kappa shape index (κ3) is 4.25. The predicted molar refractivity (Wildman–Crippen MR) is 100 cm³/mol. The number of Topliss-reactive ketones (excluding diaryl/α,β-unsaturated/α-hetero) is 1. The zero-order chi connectivity index (χ0) is 22.3. The molecule has 160 valence electrons. The molecule has 0 aliphatic carbocycles. The van der Waals surface area contributed by atoms with Crippen molar-refractivity contribution in [3.8, 4) is 11.5 Å². The molecule has 0 aromatic heterocycles. The van der Waals surface area contributed by atoms with Gasteiger partial charge in [0.25, 0.3) is 5.91 Å². The Balaban J connectivity index is 1.93. The van der Waals surface area contributed by atoms with Gasteiger partial charge in [0.1, 0.15) is 11.5 Å². The van der Waals surface area contributed by atoms with E-state index in [0.29, 0.717) is 16.9 Å². The number of amides is 1. The van der Waals surface area contributed by atoms with E-state index in [0.717, 1.165) is 12.1 Å². The van der Waals surface area contributed by atoms with Crippen LogP contribution in [0.5, 0.6) is 11.5 Å². The van der Waals surface area contributed by atoms with Crippen LogP contribution in [0.1, 0.15) is 47.1 Å². The SMILES string of the molecule is CC(=O)c1ccc2c(c1)CC(O)(NC(=O)c1ccccc1OC(F)(F)F)C(C)(C)O2. The molecule has 2 aromatic carbocycles. The average Bonchev–Trinajstić information content (AvgIpc) is 2.61. The quantitative estimate of drug-likeness (QED) is 0.580. The zero-order valence-electron chi connectivity index (χ0n) is 16.5. The molecule has 1 atom stereocenters. The maximum Gasteiger partial charge on any atom is 0.573 e. The lowest BCUT2D eigenvalue weighted by molar-refractivity contribution is -0.274. The van der Waals surface area contributed by atoms with Crippen LogP contribution in [0.3, 0.4) is 0 Å². The molecule has 0 saturated carbocycles. The largest absolute Gasteiger partial charge is 0.573 e. The first-order valence-corrected chi connectivity index (χ1v) is 9.04. The number of nitrogens with one attached hydrogen (secondary N) is 1. The number of ketones is 1.